The molecule has 1 fully saturated rings. The van der Waals surface area contributed by atoms with E-state index in [1.165, 1.54) is 18.2 Å². The van der Waals surface area contributed by atoms with Crippen LogP contribution in [0.4, 0.5) is 8.78 Å². The Bertz CT molecular complexity index is 975. The molecule has 1 aliphatic heterocycles. The van der Waals surface area contributed by atoms with E-state index in [1.807, 2.05) is 0 Å². The molecule has 1 unspecified atom stereocenters. The third-order valence-corrected chi connectivity index (χ3v) is 5.66. The second-order valence-corrected chi connectivity index (χ2v) is 7.50. The molecular weight excluding hydrogens is 368 g/mol. The minimum absolute atomic E-state index is 0.0392. The van der Waals surface area contributed by atoms with E-state index in [2.05, 4.69) is 14.7 Å². The topological polar surface area (TPSA) is 75.3 Å². The highest BCUT2D eigenvalue weighted by Crippen LogP contribution is 2.43. The summed E-state index contributed by atoms with van der Waals surface area (Å²) >= 11 is 0. The normalized spacial score (nSPS) is 21.2. The third kappa shape index (κ3) is 3.27. The van der Waals surface area contributed by atoms with Gasteiger partial charge in [0.2, 0.25) is 0 Å². The SMILES string of the molecule is Cc1nc2c(c(=O)[nH]1)CCC21CCCN(C(=O)c2cccc(OC(F)F)c2)C1. The number of amides is 1. The number of aromatic nitrogens is 2. The first-order valence-corrected chi connectivity index (χ1v) is 9.32. The lowest BCUT2D eigenvalue weighted by molar-refractivity contribution is -0.0499. The van der Waals surface area contributed by atoms with Gasteiger partial charge in [0.15, 0.2) is 0 Å². The maximum atomic E-state index is 13.0. The Kier molecular flexibility index (Phi) is 4.64. The van der Waals surface area contributed by atoms with Crippen molar-refractivity contribution in [3.63, 3.8) is 0 Å². The average molecular weight is 389 g/mol. The number of piperidine rings is 1. The van der Waals surface area contributed by atoms with Gasteiger partial charge in [0, 0.05) is 29.6 Å². The van der Waals surface area contributed by atoms with Crippen LogP contribution in [-0.4, -0.2) is 40.5 Å². The summed E-state index contributed by atoms with van der Waals surface area (Å²) in [5.41, 5.74) is 1.41. The summed E-state index contributed by atoms with van der Waals surface area (Å²) in [6.45, 7) is -0.133. The fraction of sp³-hybridized carbons (Fsp3) is 0.450. The van der Waals surface area contributed by atoms with Crippen molar-refractivity contribution < 1.29 is 18.3 Å². The summed E-state index contributed by atoms with van der Waals surface area (Å²) in [5, 5.41) is 0. The number of rotatable bonds is 3. The molecule has 0 bridgehead atoms. The number of nitrogens with one attached hydrogen (secondary N) is 1. The van der Waals surface area contributed by atoms with Crippen molar-refractivity contribution in [1.29, 1.82) is 0 Å². The quantitative estimate of drug-likeness (QED) is 0.876. The molecule has 1 N–H and O–H groups in total. The van der Waals surface area contributed by atoms with Crippen LogP contribution in [0.2, 0.25) is 0 Å². The van der Waals surface area contributed by atoms with Gasteiger partial charge in [-0.05, 0) is 50.8 Å². The van der Waals surface area contributed by atoms with Crippen LogP contribution in [0.3, 0.4) is 0 Å². The van der Waals surface area contributed by atoms with Gasteiger partial charge in [-0.25, -0.2) is 4.98 Å². The molecule has 1 atom stereocenters. The van der Waals surface area contributed by atoms with Crippen molar-refractivity contribution in [2.24, 2.45) is 0 Å². The summed E-state index contributed by atoms with van der Waals surface area (Å²) < 4.78 is 29.3. The molecule has 2 aliphatic rings. The van der Waals surface area contributed by atoms with Gasteiger partial charge in [0.25, 0.3) is 11.5 Å². The molecule has 1 spiro atoms. The number of carbonyl (C=O) groups is 1. The highest BCUT2D eigenvalue weighted by atomic mass is 19.3. The van der Waals surface area contributed by atoms with Crippen LogP contribution in [0.5, 0.6) is 5.75 Å². The van der Waals surface area contributed by atoms with Gasteiger partial charge in [-0.2, -0.15) is 8.78 Å². The Morgan fingerprint density at radius 2 is 2.18 bits per heavy atom. The molecule has 1 aromatic carbocycles. The molecule has 148 valence electrons. The van der Waals surface area contributed by atoms with Crippen LogP contribution in [-0.2, 0) is 11.8 Å². The van der Waals surface area contributed by atoms with E-state index < -0.39 is 6.61 Å². The molecule has 1 aromatic heterocycles. The second-order valence-electron chi connectivity index (χ2n) is 7.50. The minimum Gasteiger partial charge on any atom is -0.435 e. The fourth-order valence-electron chi connectivity index (χ4n) is 4.45. The first-order valence-electron chi connectivity index (χ1n) is 9.32. The average Bonchev–Trinajstić information content (AvgIpc) is 2.99. The van der Waals surface area contributed by atoms with Crippen LogP contribution in [0, 0.1) is 6.92 Å². The molecule has 2 heterocycles. The molecule has 1 amide bonds. The van der Waals surface area contributed by atoms with Crippen LogP contribution >= 0.6 is 0 Å². The zero-order valence-corrected chi connectivity index (χ0v) is 15.5. The van der Waals surface area contributed by atoms with Gasteiger partial charge >= 0.3 is 6.61 Å². The highest BCUT2D eigenvalue weighted by Gasteiger charge is 2.45. The van der Waals surface area contributed by atoms with Gasteiger partial charge in [-0.15, -0.1) is 0 Å². The number of nitrogens with zero attached hydrogens (tertiary/aromatic N) is 2. The van der Waals surface area contributed by atoms with Crippen LogP contribution in [0.25, 0.3) is 0 Å². The Labute approximate surface area is 160 Å². The van der Waals surface area contributed by atoms with Crippen molar-refractivity contribution >= 4 is 5.91 Å². The number of halogens is 2. The lowest BCUT2D eigenvalue weighted by Crippen LogP contribution is -2.48. The number of hydrogen-bond donors (Lipinski definition) is 1. The molecule has 8 heteroatoms. The van der Waals surface area contributed by atoms with Gasteiger partial charge in [0.05, 0.1) is 5.69 Å². The second kappa shape index (κ2) is 7.00. The number of fused-ring (bicyclic) bond motifs is 2. The Morgan fingerprint density at radius 3 is 2.96 bits per heavy atom. The molecule has 28 heavy (non-hydrogen) atoms. The van der Waals surface area contributed by atoms with Crippen molar-refractivity contribution in [2.75, 3.05) is 13.1 Å². The Hall–Kier alpha value is -2.77. The van der Waals surface area contributed by atoms with Crippen molar-refractivity contribution in [1.82, 2.24) is 14.9 Å². The molecule has 1 saturated heterocycles. The van der Waals surface area contributed by atoms with Crippen molar-refractivity contribution in [3.05, 3.63) is 57.3 Å². The Balaban J connectivity index is 1.61. The number of H-pyrrole nitrogens is 1. The van der Waals surface area contributed by atoms with Crippen LogP contribution in [0.1, 0.15) is 46.7 Å². The van der Waals surface area contributed by atoms with Crippen LogP contribution < -0.4 is 10.3 Å². The van der Waals surface area contributed by atoms with Gasteiger partial charge in [0.1, 0.15) is 11.6 Å². The molecule has 1 aliphatic carbocycles. The van der Waals surface area contributed by atoms with Gasteiger partial charge < -0.3 is 14.6 Å². The molecule has 2 aromatic rings. The number of aryl methyl sites for hydroxylation is 1. The van der Waals surface area contributed by atoms with Crippen molar-refractivity contribution in [3.8, 4) is 5.75 Å². The highest BCUT2D eigenvalue weighted by molar-refractivity contribution is 5.94. The smallest absolute Gasteiger partial charge is 0.387 e. The first-order chi connectivity index (χ1) is 13.4. The predicted molar refractivity (Wildman–Crippen MR) is 97.8 cm³/mol. The number of hydrogen-bond acceptors (Lipinski definition) is 4. The number of alkyl halides is 2. The molecule has 4 rings (SSSR count). The molecule has 6 nitrogen and oxygen atoms in total. The van der Waals surface area contributed by atoms with E-state index in [-0.39, 0.29) is 22.6 Å². The maximum absolute atomic E-state index is 13.0. The third-order valence-electron chi connectivity index (χ3n) is 5.66. The number of likely N-dealkylation sites (tertiary alicyclic amines) is 1. The number of benzene rings is 1. The van der Waals surface area contributed by atoms with Gasteiger partial charge in [-0.3, -0.25) is 9.59 Å². The predicted octanol–water partition coefficient (Wildman–Crippen LogP) is 2.80. The first kappa shape index (κ1) is 18.6. The summed E-state index contributed by atoms with van der Waals surface area (Å²) in [7, 11) is 0. The van der Waals surface area contributed by atoms with E-state index in [4.69, 9.17) is 0 Å². The lowest BCUT2D eigenvalue weighted by Gasteiger charge is -2.40. The zero-order chi connectivity index (χ0) is 19.9. The minimum atomic E-state index is -2.94. The van der Waals surface area contributed by atoms with Gasteiger partial charge in [-0.1, -0.05) is 6.07 Å². The van der Waals surface area contributed by atoms with Crippen LogP contribution in [0.15, 0.2) is 29.1 Å². The van der Waals surface area contributed by atoms with E-state index in [1.54, 1.807) is 17.9 Å². The zero-order valence-electron chi connectivity index (χ0n) is 15.5. The summed E-state index contributed by atoms with van der Waals surface area (Å²) in [6, 6.07) is 5.86. The standard InChI is InChI=1S/C20H21F2N3O3/c1-12-23-16-15(17(26)24-12)6-8-20(16)7-3-9-25(11-20)18(27)13-4-2-5-14(10-13)28-19(21)22/h2,4-5,10,19H,3,6-9,11H2,1H3,(H,23,24,26). The van der Waals surface area contributed by atoms with Crippen molar-refractivity contribution in [2.45, 2.75) is 44.6 Å². The van der Waals surface area contributed by atoms with E-state index >= 15 is 0 Å². The number of carbonyl (C=O) groups excluding carboxylic acids is 1. The number of aromatic amines is 1. The summed E-state index contributed by atoms with van der Waals surface area (Å²) in [4.78, 5) is 34.4. The monoisotopic (exact) mass is 389 g/mol. The van der Waals surface area contributed by atoms with E-state index in [0.29, 0.717) is 36.5 Å². The van der Waals surface area contributed by atoms with E-state index in [0.717, 1.165) is 25.0 Å². The lowest BCUT2D eigenvalue weighted by atomic mass is 9.77. The summed E-state index contributed by atoms with van der Waals surface area (Å²) in [6.07, 6.45) is 3.10. The van der Waals surface area contributed by atoms with E-state index in [9.17, 15) is 18.4 Å². The molecule has 0 saturated carbocycles. The fourth-order valence-corrected chi connectivity index (χ4v) is 4.45. The number of ether oxygens (including phenoxy) is 1. The summed E-state index contributed by atoms with van der Waals surface area (Å²) in [5.74, 6) is 0.307. The molecule has 0 radical (unpaired) electrons. The largest absolute Gasteiger partial charge is 0.435 e. The molecular formula is C20H21F2N3O3. The maximum Gasteiger partial charge on any atom is 0.387 e. The Morgan fingerprint density at radius 1 is 1.36 bits per heavy atom.